The van der Waals surface area contributed by atoms with Crippen LogP contribution in [0, 0.1) is 0 Å². The number of esters is 1. The molecule has 0 aromatic heterocycles. The van der Waals surface area contributed by atoms with Gasteiger partial charge in [0.2, 0.25) is 0 Å². The number of carbonyl (C=O) groups excluding carboxylic acids is 1. The second-order valence-electron chi connectivity index (χ2n) is 6.66. The summed E-state index contributed by atoms with van der Waals surface area (Å²) in [5.41, 5.74) is 2.66. The standard InChI is InChI=1S/C23H24N2O4S/c1-5-29-23(27)20-21(26)19(13-15-9-11-17(12-10-15)25(2)3)30-22(20)24-16-7-6-8-18(14-16)28-4/h6-14,26H,5H2,1-4H3/b19-13+,24-22?. The second-order valence-corrected chi connectivity index (χ2v) is 7.69. The summed E-state index contributed by atoms with van der Waals surface area (Å²) >= 11 is 1.23. The number of aliphatic imine (C=N–C) groups is 1. The minimum absolute atomic E-state index is 0.0702. The molecule has 1 aliphatic rings. The molecule has 3 rings (SSSR count). The van der Waals surface area contributed by atoms with E-state index in [1.165, 1.54) is 11.8 Å². The first-order valence-electron chi connectivity index (χ1n) is 9.43. The fourth-order valence-corrected chi connectivity index (χ4v) is 3.84. The third-order valence-corrected chi connectivity index (χ3v) is 5.38. The van der Waals surface area contributed by atoms with Crippen LogP contribution in [0.2, 0.25) is 0 Å². The molecule has 1 aliphatic heterocycles. The summed E-state index contributed by atoms with van der Waals surface area (Å²) in [6.45, 7) is 1.93. The van der Waals surface area contributed by atoms with Gasteiger partial charge in [-0.25, -0.2) is 9.79 Å². The number of benzene rings is 2. The molecule has 30 heavy (non-hydrogen) atoms. The van der Waals surface area contributed by atoms with E-state index < -0.39 is 5.97 Å². The van der Waals surface area contributed by atoms with E-state index in [2.05, 4.69) is 4.99 Å². The lowest BCUT2D eigenvalue weighted by atomic mass is 10.1. The highest BCUT2D eigenvalue weighted by Crippen LogP contribution is 2.40. The zero-order chi connectivity index (χ0) is 21.7. The first-order valence-corrected chi connectivity index (χ1v) is 10.3. The molecule has 1 heterocycles. The lowest BCUT2D eigenvalue weighted by Gasteiger charge is -2.11. The molecule has 2 aromatic carbocycles. The van der Waals surface area contributed by atoms with Crippen molar-refractivity contribution >= 4 is 40.2 Å². The number of anilines is 1. The molecule has 0 amide bonds. The van der Waals surface area contributed by atoms with Gasteiger partial charge in [0.15, 0.2) is 0 Å². The van der Waals surface area contributed by atoms with Crippen molar-refractivity contribution < 1.29 is 19.4 Å². The molecule has 0 saturated heterocycles. The van der Waals surface area contributed by atoms with E-state index in [0.29, 0.717) is 21.4 Å². The van der Waals surface area contributed by atoms with Crippen LogP contribution in [0.1, 0.15) is 12.5 Å². The van der Waals surface area contributed by atoms with E-state index >= 15 is 0 Å². The number of nitrogens with zero attached hydrogens (tertiary/aromatic N) is 2. The summed E-state index contributed by atoms with van der Waals surface area (Å²) in [5, 5.41) is 11.2. The molecule has 1 N–H and O–H groups in total. The van der Waals surface area contributed by atoms with E-state index in [0.717, 1.165) is 11.3 Å². The number of hydrogen-bond acceptors (Lipinski definition) is 7. The first-order chi connectivity index (χ1) is 14.4. The van der Waals surface area contributed by atoms with Gasteiger partial charge in [-0.15, -0.1) is 0 Å². The maximum atomic E-state index is 12.5. The van der Waals surface area contributed by atoms with Crippen LogP contribution in [0.15, 0.2) is 69.8 Å². The topological polar surface area (TPSA) is 71.4 Å². The molecule has 0 bridgehead atoms. The van der Waals surface area contributed by atoms with Crippen LogP contribution in [-0.2, 0) is 9.53 Å². The van der Waals surface area contributed by atoms with Gasteiger partial charge >= 0.3 is 5.97 Å². The summed E-state index contributed by atoms with van der Waals surface area (Å²) in [5.74, 6) is -0.0743. The van der Waals surface area contributed by atoms with Gasteiger partial charge in [0.05, 0.1) is 24.3 Å². The number of methoxy groups -OCH3 is 1. The van der Waals surface area contributed by atoms with Crippen molar-refractivity contribution in [3.05, 3.63) is 70.3 Å². The Bertz CT molecular complexity index is 1020. The van der Waals surface area contributed by atoms with Crippen LogP contribution < -0.4 is 9.64 Å². The molecule has 156 valence electrons. The van der Waals surface area contributed by atoms with E-state index in [1.807, 2.05) is 61.5 Å². The number of hydrogen-bond donors (Lipinski definition) is 1. The van der Waals surface area contributed by atoms with Crippen LogP contribution in [-0.4, -0.2) is 43.9 Å². The highest BCUT2D eigenvalue weighted by Gasteiger charge is 2.33. The van der Waals surface area contributed by atoms with Crippen LogP contribution in [0.25, 0.3) is 6.08 Å². The molecule has 0 atom stereocenters. The lowest BCUT2D eigenvalue weighted by Crippen LogP contribution is -2.12. The van der Waals surface area contributed by atoms with Crippen LogP contribution >= 0.6 is 11.8 Å². The van der Waals surface area contributed by atoms with Gasteiger partial charge in [0, 0.05) is 25.8 Å². The van der Waals surface area contributed by atoms with Crippen molar-refractivity contribution in [2.24, 2.45) is 4.99 Å². The van der Waals surface area contributed by atoms with E-state index in [4.69, 9.17) is 9.47 Å². The number of carbonyl (C=O) groups is 1. The summed E-state index contributed by atoms with van der Waals surface area (Å²) in [4.78, 5) is 19.6. The first kappa shape index (κ1) is 21.5. The number of thioether (sulfide) groups is 1. The van der Waals surface area contributed by atoms with Crippen LogP contribution in [0.5, 0.6) is 5.75 Å². The molecule has 0 radical (unpaired) electrons. The number of ether oxygens (including phenoxy) is 2. The quantitative estimate of drug-likeness (QED) is 0.662. The van der Waals surface area contributed by atoms with Crippen molar-refractivity contribution in [2.45, 2.75) is 6.92 Å². The predicted molar refractivity (Wildman–Crippen MR) is 123 cm³/mol. The third-order valence-electron chi connectivity index (χ3n) is 4.36. The van der Waals surface area contributed by atoms with Crippen LogP contribution in [0.4, 0.5) is 11.4 Å². The molecule has 0 unspecified atom stereocenters. The molecule has 0 aliphatic carbocycles. The highest BCUT2D eigenvalue weighted by molar-refractivity contribution is 8.18. The maximum Gasteiger partial charge on any atom is 0.344 e. The average Bonchev–Trinajstić information content (AvgIpc) is 3.03. The largest absolute Gasteiger partial charge is 0.506 e. The van der Waals surface area contributed by atoms with E-state index in [1.54, 1.807) is 26.2 Å². The average molecular weight is 425 g/mol. The number of aliphatic hydroxyl groups excluding tert-OH is 1. The minimum Gasteiger partial charge on any atom is -0.506 e. The smallest absolute Gasteiger partial charge is 0.344 e. The van der Waals surface area contributed by atoms with E-state index in [-0.39, 0.29) is 17.9 Å². The van der Waals surface area contributed by atoms with Gasteiger partial charge in [-0.2, -0.15) is 0 Å². The Morgan fingerprint density at radius 2 is 1.93 bits per heavy atom. The van der Waals surface area contributed by atoms with Crippen molar-refractivity contribution in [3.63, 3.8) is 0 Å². The van der Waals surface area contributed by atoms with Gasteiger partial charge in [0.1, 0.15) is 22.1 Å². The fraction of sp³-hybridized carbons (Fsp3) is 0.217. The second kappa shape index (κ2) is 9.54. The zero-order valence-electron chi connectivity index (χ0n) is 17.4. The van der Waals surface area contributed by atoms with Gasteiger partial charge < -0.3 is 19.5 Å². The zero-order valence-corrected chi connectivity index (χ0v) is 18.2. The van der Waals surface area contributed by atoms with Gasteiger partial charge in [-0.1, -0.05) is 30.0 Å². The Hall–Kier alpha value is -3.19. The Morgan fingerprint density at radius 1 is 1.20 bits per heavy atom. The fourth-order valence-electron chi connectivity index (χ4n) is 2.81. The predicted octanol–water partition coefficient (Wildman–Crippen LogP) is 4.95. The Labute approximate surface area is 180 Å². The molecule has 0 spiro atoms. The van der Waals surface area contributed by atoms with E-state index in [9.17, 15) is 9.90 Å². The van der Waals surface area contributed by atoms with Gasteiger partial charge in [-0.3, -0.25) is 0 Å². The molecular weight excluding hydrogens is 400 g/mol. The normalized spacial score (nSPS) is 16.3. The minimum atomic E-state index is -0.601. The summed E-state index contributed by atoms with van der Waals surface area (Å²) in [6, 6.07) is 15.1. The summed E-state index contributed by atoms with van der Waals surface area (Å²) in [6.07, 6.45) is 1.83. The van der Waals surface area contributed by atoms with Gasteiger partial charge in [-0.05, 0) is 42.8 Å². The molecular formula is C23H24N2O4S. The Balaban J connectivity index is 2.00. The SMILES string of the molecule is CCOC(=O)C1=C(O)/C(=C\c2ccc(N(C)C)cc2)SC1=Nc1cccc(OC)c1. The third kappa shape index (κ3) is 4.86. The highest BCUT2D eigenvalue weighted by atomic mass is 32.2. The molecule has 7 heteroatoms. The summed E-state index contributed by atoms with van der Waals surface area (Å²) in [7, 11) is 5.53. The monoisotopic (exact) mass is 424 g/mol. The molecule has 2 aromatic rings. The summed E-state index contributed by atoms with van der Waals surface area (Å²) < 4.78 is 10.4. The Morgan fingerprint density at radius 3 is 2.57 bits per heavy atom. The molecule has 6 nitrogen and oxygen atoms in total. The Kier molecular flexibility index (Phi) is 6.84. The van der Waals surface area contributed by atoms with Crippen molar-refractivity contribution in [2.75, 3.05) is 32.7 Å². The lowest BCUT2D eigenvalue weighted by molar-refractivity contribution is -0.138. The van der Waals surface area contributed by atoms with Crippen molar-refractivity contribution in [1.82, 2.24) is 0 Å². The molecule has 0 fully saturated rings. The van der Waals surface area contributed by atoms with Crippen molar-refractivity contribution in [1.29, 1.82) is 0 Å². The maximum absolute atomic E-state index is 12.5. The van der Waals surface area contributed by atoms with Crippen LogP contribution in [0.3, 0.4) is 0 Å². The molecule has 0 saturated carbocycles. The van der Waals surface area contributed by atoms with Crippen molar-refractivity contribution in [3.8, 4) is 5.75 Å². The number of aliphatic hydroxyl groups is 1. The number of rotatable bonds is 6. The van der Waals surface area contributed by atoms with Gasteiger partial charge in [0.25, 0.3) is 0 Å².